The molecule has 11 N–H and O–H groups in total. The van der Waals surface area contributed by atoms with Gasteiger partial charge in [0.1, 0.15) is 47.0 Å². The SMILES string of the molecule is CC1=C/C[C@@H](/C(C)=C/c2coc(C)n2)NC(=O)C[C@H](O)CC(=O)[C@H](C)[C@@H](O)[C@@H](C)C\C=C\1.CC1=C/C[C@@H](c2ccc3sc(C)nc3c2)NC(=O)C[C@H](O)CC(=O)[C@H](C)[C@@H](O)[C@@H](C)C\C=C\1.CC1=C/[C@H](C)[C@@H](/C(C)=C/c2coc(C)n2)NC(=O)C[C@H](O)CC(=O)[C@H](C)[C@@H](C)[C@@H](C)C\C=C\1.CC1=C/[C@H](C)[C@@H](/C(C)=C/c2csc(C)n2)NC(=O)C[C@H](O)CC(=O)[C@H](C)[C@@H](O)[C@@H](C)C\C=C\1.CCC.CCC.CCC.CCC. The predicted molar refractivity (Wildman–Crippen MR) is 584 cm³/mol. The Morgan fingerprint density at radius 1 is 0.392 bits per heavy atom. The molecule has 27 heteroatoms. The molecule has 22 atom stereocenters. The fourth-order valence-electron chi connectivity index (χ4n) is 16.6. The van der Waals surface area contributed by atoms with Crippen LogP contribution in [0.5, 0.6) is 0 Å². The van der Waals surface area contributed by atoms with Crippen molar-refractivity contribution in [1.29, 1.82) is 0 Å². The summed E-state index contributed by atoms with van der Waals surface area (Å²) in [6.45, 7) is 59.4. The van der Waals surface area contributed by atoms with Crippen molar-refractivity contribution in [2.24, 2.45) is 65.1 Å². The summed E-state index contributed by atoms with van der Waals surface area (Å²) >= 11 is 3.21. The van der Waals surface area contributed by atoms with E-state index in [-0.39, 0.29) is 164 Å². The number of aromatic nitrogens is 4. The summed E-state index contributed by atoms with van der Waals surface area (Å²) in [5.41, 5.74) is 11.1. The molecule has 0 spiro atoms. The second kappa shape index (κ2) is 68.9. The molecule has 4 aliphatic heterocycles. The van der Waals surface area contributed by atoms with Crippen LogP contribution in [0.25, 0.3) is 28.4 Å². The molecule has 0 aliphatic carbocycles. The molecular weight excluding hydrogens is 1840 g/mol. The molecule has 0 saturated carbocycles. The lowest BCUT2D eigenvalue weighted by Gasteiger charge is -2.27. The van der Waals surface area contributed by atoms with Gasteiger partial charge in [0, 0.05) is 68.6 Å². The molecule has 0 bridgehead atoms. The third-order valence-corrected chi connectivity index (χ3v) is 27.0. The van der Waals surface area contributed by atoms with E-state index < -0.39 is 60.5 Å². The Hall–Kier alpha value is -9.42. The quantitative estimate of drug-likeness (QED) is 0.0721. The first-order valence-corrected chi connectivity index (χ1v) is 53.6. The molecule has 9 rings (SSSR count). The minimum Gasteiger partial charge on any atom is -0.449 e. The molecule has 798 valence electrons. The largest absolute Gasteiger partial charge is 0.449 e. The fourth-order valence-corrected chi connectivity index (χ4v) is 17.9. The van der Waals surface area contributed by atoms with Crippen molar-refractivity contribution < 1.29 is 82.9 Å². The van der Waals surface area contributed by atoms with Gasteiger partial charge in [-0.3, -0.25) is 38.4 Å². The number of thiazole rings is 2. The van der Waals surface area contributed by atoms with E-state index in [0.29, 0.717) is 61.2 Å². The number of fused-ring (bicyclic) bond motifs is 1. The first-order valence-electron chi connectivity index (χ1n) is 51.9. The summed E-state index contributed by atoms with van der Waals surface area (Å²) in [6, 6.07) is 4.91. The molecule has 0 saturated heterocycles. The second-order valence-electron chi connectivity index (χ2n) is 40.1. The van der Waals surface area contributed by atoms with Gasteiger partial charge in [0.05, 0.1) is 119 Å². The summed E-state index contributed by atoms with van der Waals surface area (Å²) in [4.78, 5) is 119. The van der Waals surface area contributed by atoms with Crippen LogP contribution in [0.1, 0.15) is 346 Å². The Balaban J connectivity index is 0.000000620. The highest BCUT2D eigenvalue weighted by Crippen LogP contribution is 2.33. The van der Waals surface area contributed by atoms with E-state index in [2.05, 4.69) is 155 Å². The third kappa shape index (κ3) is 50.0. The van der Waals surface area contributed by atoms with Crippen LogP contribution in [0.15, 0.2) is 157 Å². The number of nitrogens with one attached hydrogen (secondary N) is 4. The molecule has 0 unspecified atom stereocenters. The summed E-state index contributed by atoms with van der Waals surface area (Å²) in [7, 11) is 0. The average molecular weight is 2020 g/mol. The zero-order valence-corrected chi connectivity index (χ0v) is 93.5. The highest BCUT2D eigenvalue weighted by molar-refractivity contribution is 7.18. The minimum absolute atomic E-state index is 0.00389. The van der Waals surface area contributed by atoms with E-state index in [1.165, 1.54) is 25.7 Å². The molecule has 25 nitrogen and oxygen atoms in total. The highest BCUT2D eigenvalue weighted by Gasteiger charge is 2.35. The molecule has 143 heavy (non-hydrogen) atoms. The number of benzene rings is 1. The molecule has 0 fully saturated rings. The van der Waals surface area contributed by atoms with Crippen LogP contribution < -0.4 is 21.3 Å². The Morgan fingerprint density at radius 3 is 1.10 bits per heavy atom. The monoisotopic (exact) mass is 2020 g/mol. The smallest absolute Gasteiger partial charge is 0.223 e. The van der Waals surface area contributed by atoms with Crippen LogP contribution in [0.3, 0.4) is 0 Å². The molecule has 8 heterocycles. The van der Waals surface area contributed by atoms with Crippen molar-refractivity contribution in [2.45, 2.75) is 390 Å². The summed E-state index contributed by atoms with van der Waals surface area (Å²) in [5.74, 6) is -2.56. The van der Waals surface area contributed by atoms with E-state index in [1.807, 2.05) is 174 Å². The number of carbonyl (C=O) groups is 8. The van der Waals surface area contributed by atoms with Gasteiger partial charge in [-0.05, 0) is 195 Å². The number of ketones is 4. The summed E-state index contributed by atoms with van der Waals surface area (Å²) in [6.07, 6.45) is 34.8. The van der Waals surface area contributed by atoms with Crippen molar-refractivity contribution in [3.8, 4) is 0 Å². The predicted octanol–water partition coefficient (Wildman–Crippen LogP) is 22.8. The Labute approximate surface area is 864 Å². The lowest BCUT2D eigenvalue weighted by Crippen LogP contribution is -2.41. The van der Waals surface area contributed by atoms with Crippen molar-refractivity contribution in [3.05, 3.63) is 192 Å². The van der Waals surface area contributed by atoms with E-state index in [4.69, 9.17) is 8.83 Å². The Kier molecular flexibility index (Phi) is 62.4. The van der Waals surface area contributed by atoms with Gasteiger partial charge in [-0.15, -0.1) is 22.7 Å². The van der Waals surface area contributed by atoms with Gasteiger partial charge in [-0.25, -0.2) is 19.9 Å². The first kappa shape index (κ1) is 130. The van der Waals surface area contributed by atoms with Crippen molar-refractivity contribution in [2.75, 3.05) is 0 Å². The van der Waals surface area contributed by atoms with Gasteiger partial charge < -0.3 is 65.8 Å². The van der Waals surface area contributed by atoms with Gasteiger partial charge >= 0.3 is 0 Å². The zero-order valence-electron chi connectivity index (χ0n) is 91.9. The second-order valence-corrected chi connectivity index (χ2v) is 42.4. The number of amides is 4. The first-order chi connectivity index (χ1) is 67.3. The van der Waals surface area contributed by atoms with E-state index in [0.717, 1.165) is 76.9 Å². The molecular formula is C116H180N8O17S2. The van der Waals surface area contributed by atoms with Crippen molar-refractivity contribution in [1.82, 2.24) is 41.2 Å². The van der Waals surface area contributed by atoms with Crippen LogP contribution in [0.4, 0.5) is 0 Å². The lowest BCUT2D eigenvalue weighted by molar-refractivity contribution is -0.131. The summed E-state index contributed by atoms with van der Waals surface area (Å²) < 4.78 is 11.7. The minimum atomic E-state index is -1.10. The van der Waals surface area contributed by atoms with Gasteiger partial charge in [0.25, 0.3) is 0 Å². The van der Waals surface area contributed by atoms with Crippen LogP contribution >= 0.6 is 22.7 Å². The zero-order chi connectivity index (χ0) is 108. The number of aryl methyl sites for hydroxylation is 4. The number of hydrogen-bond acceptors (Lipinski definition) is 23. The van der Waals surface area contributed by atoms with E-state index in [1.54, 1.807) is 69.8 Å². The maximum atomic E-state index is 12.8. The number of rotatable bonds is 7. The van der Waals surface area contributed by atoms with Gasteiger partial charge in [0.15, 0.2) is 11.8 Å². The maximum Gasteiger partial charge on any atom is 0.223 e. The van der Waals surface area contributed by atoms with Crippen molar-refractivity contribution >= 4 is 97.9 Å². The van der Waals surface area contributed by atoms with Gasteiger partial charge in [-0.2, -0.15) is 0 Å². The Bertz CT molecular complexity index is 4910. The number of allylic oxidation sites excluding steroid dienone is 12. The number of carbonyl (C=O) groups excluding carboxylic acids is 8. The number of hydrogen-bond donors (Lipinski definition) is 11. The number of nitrogens with zero attached hydrogens (tertiary/aromatic N) is 4. The third-order valence-electron chi connectivity index (χ3n) is 25.2. The summed E-state index contributed by atoms with van der Waals surface area (Å²) in [5, 5.41) is 89.2. The number of oxazole rings is 2. The van der Waals surface area contributed by atoms with Crippen LogP contribution in [-0.2, 0) is 38.4 Å². The fraction of sp³-hybridized carbons (Fsp3) is 0.603. The standard InChI is InChI=1S/C27H40N2O4.C26H34N2O4S.C26H38N2O4S.C25H36N2O5.4C3H8/c1-16-9-8-10-17(2)20(5)21(6)25(31)13-24(30)14-26(32)29-27(18(3)11-16)19(4)12-23-15-33-22(7)28-23;1-15-6-5-7-16(2)26(32)17(3)23(30)13-20(29)14-25(31)28-21(10-8-15)19-9-11-24-22(12-19)27-18(4)33-24;1-15-8-7-9-16(2)26(32)19(5)23(30)12-22(29)13-24(31)28-25(17(3)10-15)18(4)11-21-14-33-20(6)27-21;1-15-7-6-8-16(2)25(31)18(4)23(29)12-21(28)13-24(30)27-22(10-9-15)17(3)11-20-14-32-19(5)26-20;4*1-3-2/h8-9,11-12,15,17-18,20-21,24,27,30H,10,13-14H2,1-7H3,(H,29,32);5-6,8-9,11-12,16-17,20-21,26,29,32H,7,10,13-14H2,1-4H3,(H,28,31);7-8,10-11,14,16-17,19,22,25-26,29,32H,9,12-13H2,1-6H3,(H,28,31);6-7,9,11,14,16,18,21-22,25,28,31H,8,10,12-13H2,1-5H3,(H,27,30);4*3H2,1-2H3/b9-8+,16-11-,19-12+;6-5+,15-8-;8-7+,15-10-,18-11+;7-6+,15-9-,17-11+;;;;/t17-,18-,20-,21+,24+,27-;16-,17-,20+,21-,26-;16-,17-,19-,22+,25-,26-;16-,18-,21+,22-,25-;;;;/m0000..../s1. The molecule has 5 aromatic rings. The Morgan fingerprint density at radius 2 is 0.734 bits per heavy atom. The maximum absolute atomic E-state index is 12.8. The van der Waals surface area contributed by atoms with Gasteiger partial charge in [0.2, 0.25) is 23.6 Å². The van der Waals surface area contributed by atoms with Crippen LogP contribution in [0.2, 0.25) is 0 Å². The lowest BCUT2D eigenvalue weighted by atomic mass is 9.79. The number of Topliss-reactive ketones (excluding diaryl/α,β-unsaturated/α-hetero) is 4. The molecule has 4 aliphatic rings. The topological polar surface area (TPSA) is 404 Å². The normalized spacial score (nSPS) is 30.5. The highest BCUT2D eigenvalue weighted by atomic mass is 32.1. The van der Waals surface area contributed by atoms with E-state index in [9.17, 15) is 74.1 Å². The van der Waals surface area contributed by atoms with E-state index >= 15 is 0 Å². The molecule has 4 aromatic heterocycles. The molecule has 0 radical (unpaired) electrons. The number of aliphatic hydroxyl groups is 7. The molecule has 1 aromatic carbocycles. The number of aliphatic hydroxyl groups excluding tert-OH is 7. The van der Waals surface area contributed by atoms with Gasteiger partial charge in [-0.1, -0.05) is 259 Å². The van der Waals surface area contributed by atoms with Crippen LogP contribution in [0, 0.1) is 92.8 Å². The van der Waals surface area contributed by atoms with Crippen molar-refractivity contribution in [3.63, 3.8) is 0 Å². The van der Waals surface area contributed by atoms with Crippen LogP contribution in [-0.4, -0.2) is 163 Å². The molecule has 4 amide bonds. The average Bonchev–Trinajstić information content (AvgIpc) is 1.68.